The van der Waals surface area contributed by atoms with Crippen molar-refractivity contribution in [2.45, 2.75) is 13.6 Å². The van der Waals surface area contributed by atoms with Crippen molar-refractivity contribution in [1.82, 2.24) is 0 Å². The second kappa shape index (κ2) is 5.81. The molecule has 0 N–H and O–H groups in total. The topological polar surface area (TPSA) is 0 Å². The quantitative estimate of drug-likeness (QED) is 0.322. The summed E-state index contributed by atoms with van der Waals surface area (Å²) < 4.78 is 0. The summed E-state index contributed by atoms with van der Waals surface area (Å²) in [6, 6.07) is 22.0. The first-order valence-corrected chi connectivity index (χ1v) is 9.73. The molecule has 0 saturated heterocycles. The minimum Gasteiger partial charge on any atom is -0.0827 e. The van der Waals surface area contributed by atoms with Crippen molar-refractivity contribution in [3.05, 3.63) is 70.7 Å². The van der Waals surface area contributed by atoms with Gasteiger partial charge in [0.1, 0.15) is 0 Å². The maximum atomic E-state index is 6.31. The van der Waals surface area contributed by atoms with Crippen molar-refractivity contribution >= 4 is 80.0 Å². The fraction of sp³-hybridized carbons (Fsp3) is 0.0909. The van der Waals surface area contributed by atoms with Crippen LogP contribution in [0.5, 0.6) is 0 Å². The molecule has 5 rings (SSSR count). The van der Waals surface area contributed by atoms with E-state index >= 15 is 0 Å². The van der Waals surface area contributed by atoms with Gasteiger partial charge in [0.05, 0.1) is 10.0 Å². The van der Waals surface area contributed by atoms with Crippen LogP contribution >= 0.6 is 23.2 Å². The molecule has 0 atom stereocenters. The van der Waals surface area contributed by atoms with Crippen LogP contribution in [-0.4, -0.2) is 13.4 Å². The maximum Gasteiger partial charge on any atom is 0.204 e. The van der Waals surface area contributed by atoms with Crippen LogP contribution in [0.2, 0.25) is 23.7 Å². The van der Waals surface area contributed by atoms with E-state index in [1.165, 1.54) is 43.4 Å². The monoisotopic (exact) mass is 372 g/mol. The van der Waals surface area contributed by atoms with Gasteiger partial charge in [-0.3, -0.25) is 0 Å². The van der Waals surface area contributed by atoms with E-state index in [2.05, 4.69) is 62.2 Å². The Morgan fingerprint density at radius 3 is 1.35 bits per heavy atom. The largest absolute Gasteiger partial charge is 0.204 e. The van der Waals surface area contributed by atoms with Gasteiger partial charge in [-0.15, -0.1) is 0 Å². The van der Waals surface area contributed by atoms with Crippen LogP contribution < -0.4 is 21.9 Å². The van der Waals surface area contributed by atoms with E-state index in [1.54, 1.807) is 0 Å². The first-order chi connectivity index (χ1) is 12.5. The smallest absolute Gasteiger partial charge is 0.0827 e. The van der Waals surface area contributed by atoms with Crippen LogP contribution in [0.15, 0.2) is 60.7 Å². The molecule has 124 valence electrons. The number of halogens is 2. The molecule has 1 aliphatic rings. The zero-order valence-electron chi connectivity index (χ0n) is 14.7. The van der Waals surface area contributed by atoms with Gasteiger partial charge in [0.2, 0.25) is 13.4 Å². The van der Waals surface area contributed by atoms with Gasteiger partial charge >= 0.3 is 0 Å². The fourth-order valence-electron chi connectivity index (χ4n) is 4.44. The van der Waals surface area contributed by atoms with Crippen molar-refractivity contribution in [2.24, 2.45) is 0 Å². The molecule has 1 aliphatic heterocycles. The second-order valence-electron chi connectivity index (χ2n) is 7.37. The SMILES string of the molecule is CB1c2cc(Cl)c(Cl)cc2B(C)c2cc3cc4ccccc4cc3cc21. The lowest BCUT2D eigenvalue weighted by Crippen LogP contribution is -2.66. The standard InChI is InChI=1S/C22H16B2Cl2/c1-23-17-9-15-7-13-5-3-4-6-14(13)8-16(15)10-18(17)24(2)20-12-22(26)21(25)11-19(20)23/h3-12H,1-2H3. The van der Waals surface area contributed by atoms with Gasteiger partial charge < -0.3 is 0 Å². The fourth-order valence-corrected chi connectivity index (χ4v) is 4.78. The average molecular weight is 373 g/mol. The third kappa shape index (κ3) is 2.32. The van der Waals surface area contributed by atoms with E-state index in [0.29, 0.717) is 23.5 Å². The number of benzene rings is 4. The normalized spacial score (nSPS) is 13.2. The number of rotatable bonds is 0. The predicted molar refractivity (Wildman–Crippen MR) is 120 cm³/mol. The van der Waals surface area contributed by atoms with Gasteiger partial charge in [-0.1, -0.05) is 95.1 Å². The third-order valence-corrected chi connectivity index (χ3v) is 6.62. The number of fused-ring (bicyclic) bond motifs is 4. The third-order valence-electron chi connectivity index (χ3n) is 5.90. The highest BCUT2D eigenvalue weighted by atomic mass is 35.5. The summed E-state index contributed by atoms with van der Waals surface area (Å²) in [7, 11) is 0. The minimum atomic E-state index is 0.307. The van der Waals surface area contributed by atoms with E-state index in [-0.39, 0.29) is 0 Å². The Morgan fingerprint density at radius 2 is 0.923 bits per heavy atom. The van der Waals surface area contributed by atoms with Crippen molar-refractivity contribution < 1.29 is 0 Å². The van der Waals surface area contributed by atoms with E-state index in [4.69, 9.17) is 23.2 Å². The Labute approximate surface area is 164 Å². The van der Waals surface area contributed by atoms with Crippen molar-refractivity contribution in [3.8, 4) is 0 Å². The second-order valence-corrected chi connectivity index (χ2v) is 8.18. The molecule has 4 heteroatoms. The molecule has 4 aromatic rings. The van der Waals surface area contributed by atoms with Gasteiger partial charge in [-0.2, -0.15) is 0 Å². The Balaban J connectivity index is 1.79. The number of hydrogen-bond acceptors (Lipinski definition) is 0. The van der Waals surface area contributed by atoms with Gasteiger partial charge in [-0.25, -0.2) is 0 Å². The maximum absolute atomic E-state index is 6.31. The molecule has 0 amide bonds. The molecule has 0 radical (unpaired) electrons. The molecule has 0 aliphatic carbocycles. The summed E-state index contributed by atoms with van der Waals surface area (Å²) in [6.45, 7) is 5.14. The van der Waals surface area contributed by atoms with Gasteiger partial charge in [0.15, 0.2) is 0 Å². The Morgan fingerprint density at radius 1 is 0.538 bits per heavy atom. The highest BCUT2D eigenvalue weighted by Gasteiger charge is 2.32. The molecule has 4 aromatic carbocycles. The molecule has 26 heavy (non-hydrogen) atoms. The van der Waals surface area contributed by atoms with Crippen LogP contribution in [0, 0.1) is 0 Å². The molecule has 0 bridgehead atoms. The lowest BCUT2D eigenvalue weighted by Gasteiger charge is -2.29. The van der Waals surface area contributed by atoms with Gasteiger partial charge in [-0.05, 0) is 45.8 Å². The summed E-state index contributed by atoms with van der Waals surface area (Å²) in [5.41, 5.74) is 5.37. The molecule has 0 saturated carbocycles. The van der Waals surface area contributed by atoms with Crippen LogP contribution in [0.1, 0.15) is 0 Å². The predicted octanol–water partition coefficient (Wildman–Crippen LogP) is 4.09. The van der Waals surface area contributed by atoms with Gasteiger partial charge in [0.25, 0.3) is 0 Å². The highest BCUT2D eigenvalue weighted by molar-refractivity contribution is 7.02. The molecule has 0 unspecified atom stereocenters. The summed E-state index contributed by atoms with van der Waals surface area (Å²) in [6.07, 6.45) is 0. The molecule has 0 fully saturated rings. The zero-order chi connectivity index (χ0) is 18.0. The molecule has 0 spiro atoms. The summed E-state index contributed by atoms with van der Waals surface area (Å²) in [4.78, 5) is 0. The van der Waals surface area contributed by atoms with Crippen LogP contribution in [0.3, 0.4) is 0 Å². The van der Waals surface area contributed by atoms with E-state index in [9.17, 15) is 0 Å². The molecular weight excluding hydrogens is 357 g/mol. The summed E-state index contributed by atoms with van der Waals surface area (Å²) >= 11 is 12.6. The lowest BCUT2D eigenvalue weighted by atomic mass is 9.25. The van der Waals surface area contributed by atoms with E-state index in [1.807, 2.05) is 12.1 Å². The molecule has 0 nitrogen and oxygen atoms in total. The Hall–Kier alpha value is -1.89. The van der Waals surface area contributed by atoms with Crippen molar-refractivity contribution in [2.75, 3.05) is 0 Å². The van der Waals surface area contributed by atoms with E-state index in [0.717, 1.165) is 0 Å². The van der Waals surface area contributed by atoms with Crippen LogP contribution in [0.25, 0.3) is 21.5 Å². The minimum absolute atomic E-state index is 0.307. The molecular formula is C22H16B2Cl2. The number of hydrogen-bond donors (Lipinski definition) is 0. The first kappa shape index (κ1) is 16.3. The molecule has 0 aromatic heterocycles. The van der Waals surface area contributed by atoms with Crippen molar-refractivity contribution in [3.63, 3.8) is 0 Å². The summed E-state index contributed by atoms with van der Waals surface area (Å²) in [5, 5.41) is 6.44. The van der Waals surface area contributed by atoms with Crippen LogP contribution in [0.4, 0.5) is 0 Å². The average Bonchev–Trinajstić information content (AvgIpc) is 2.65. The zero-order valence-corrected chi connectivity index (χ0v) is 16.2. The Kier molecular flexibility index (Phi) is 3.64. The Bertz CT molecular complexity index is 1110. The highest BCUT2D eigenvalue weighted by Crippen LogP contribution is 2.23. The molecule has 1 heterocycles. The van der Waals surface area contributed by atoms with E-state index < -0.39 is 0 Å². The van der Waals surface area contributed by atoms with Gasteiger partial charge in [0, 0.05) is 0 Å². The summed E-state index contributed by atoms with van der Waals surface area (Å²) in [5.74, 6) is 0. The first-order valence-electron chi connectivity index (χ1n) is 8.98. The lowest BCUT2D eigenvalue weighted by molar-refractivity contribution is 1.74. The van der Waals surface area contributed by atoms with Crippen LogP contribution in [-0.2, 0) is 0 Å². The van der Waals surface area contributed by atoms with Crippen molar-refractivity contribution in [1.29, 1.82) is 0 Å².